The molecule has 29 heavy (non-hydrogen) atoms. The molecule has 10 heteroatoms. The zero-order valence-electron chi connectivity index (χ0n) is 17.7. The van der Waals surface area contributed by atoms with Crippen molar-refractivity contribution < 1.29 is 9.53 Å². The molecule has 0 spiro atoms. The summed E-state index contributed by atoms with van der Waals surface area (Å²) in [6, 6.07) is 0.758. The first-order valence-corrected chi connectivity index (χ1v) is 10.3. The van der Waals surface area contributed by atoms with Crippen LogP contribution < -0.4 is 10.6 Å². The summed E-state index contributed by atoms with van der Waals surface area (Å²) >= 11 is 0. The summed E-state index contributed by atoms with van der Waals surface area (Å²) in [5.41, 5.74) is 0. The number of hydrogen-bond acceptors (Lipinski definition) is 5. The van der Waals surface area contributed by atoms with Crippen molar-refractivity contribution in [1.82, 2.24) is 30.3 Å². The molecule has 1 aromatic heterocycles. The highest BCUT2D eigenvalue weighted by molar-refractivity contribution is 14.0. The van der Waals surface area contributed by atoms with E-state index >= 15 is 0 Å². The standard InChI is InChI=1S/C19H33N7O2.HI/c1-14-23-24-17(25(14)2)13-20-18(21-15-7-5-4-6-8-15)22-16-9-11-26(12-10-16)19(27)28-3;/h15-16H,4-13H2,1-3H3,(H2,20,21,22);1H. The summed E-state index contributed by atoms with van der Waals surface area (Å²) in [4.78, 5) is 18.2. The number of amides is 1. The van der Waals surface area contributed by atoms with Crippen molar-refractivity contribution in [3.8, 4) is 0 Å². The number of halogens is 1. The van der Waals surface area contributed by atoms with Gasteiger partial charge in [-0.2, -0.15) is 0 Å². The number of likely N-dealkylation sites (tertiary alicyclic amines) is 1. The maximum Gasteiger partial charge on any atom is 0.409 e. The second-order valence-electron chi connectivity index (χ2n) is 7.74. The number of guanidine groups is 1. The van der Waals surface area contributed by atoms with E-state index in [0.29, 0.717) is 25.7 Å². The summed E-state index contributed by atoms with van der Waals surface area (Å²) in [7, 11) is 3.39. The molecule has 9 nitrogen and oxygen atoms in total. The van der Waals surface area contributed by atoms with E-state index in [9.17, 15) is 4.79 Å². The SMILES string of the molecule is COC(=O)N1CCC(NC(=NCc2nnc(C)n2C)NC2CCCCC2)CC1.I. The van der Waals surface area contributed by atoms with E-state index in [1.165, 1.54) is 39.2 Å². The van der Waals surface area contributed by atoms with Crippen LogP contribution in [0.15, 0.2) is 4.99 Å². The van der Waals surface area contributed by atoms with E-state index in [-0.39, 0.29) is 36.1 Å². The second kappa shape index (κ2) is 11.6. The maximum absolute atomic E-state index is 11.7. The summed E-state index contributed by atoms with van der Waals surface area (Å²) in [5.74, 6) is 2.57. The summed E-state index contributed by atoms with van der Waals surface area (Å²) in [6.45, 7) is 3.82. The molecule has 1 aliphatic heterocycles. The Labute approximate surface area is 190 Å². The van der Waals surface area contributed by atoms with Crippen molar-refractivity contribution in [3.63, 3.8) is 0 Å². The largest absolute Gasteiger partial charge is 0.453 e. The van der Waals surface area contributed by atoms with Gasteiger partial charge in [-0.25, -0.2) is 9.79 Å². The Kier molecular flexibility index (Phi) is 9.44. The third-order valence-corrected chi connectivity index (χ3v) is 5.78. The van der Waals surface area contributed by atoms with Gasteiger partial charge < -0.3 is 24.8 Å². The predicted octanol–water partition coefficient (Wildman–Crippen LogP) is 2.34. The highest BCUT2D eigenvalue weighted by Crippen LogP contribution is 2.18. The van der Waals surface area contributed by atoms with Gasteiger partial charge >= 0.3 is 6.09 Å². The number of rotatable bonds is 4. The molecule has 1 saturated heterocycles. The lowest BCUT2D eigenvalue weighted by Crippen LogP contribution is -2.52. The van der Waals surface area contributed by atoms with Gasteiger partial charge in [0.15, 0.2) is 11.8 Å². The van der Waals surface area contributed by atoms with E-state index < -0.39 is 0 Å². The fraction of sp³-hybridized carbons (Fsp3) is 0.789. The second-order valence-corrected chi connectivity index (χ2v) is 7.74. The number of hydrogen-bond donors (Lipinski definition) is 2. The Hall–Kier alpha value is -1.59. The van der Waals surface area contributed by atoms with Crippen molar-refractivity contribution in [2.75, 3.05) is 20.2 Å². The summed E-state index contributed by atoms with van der Waals surface area (Å²) < 4.78 is 6.79. The lowest BCUT2D eigenvalue weighted by Gasteiger charge is -2.33. The van der Waals surface area contributed by atoms with E-state index in [0.717, 1.165) is 30.5 Å². The Bertz CT molecular complexity index is 680. The van der Waals surface area contributed by atoms with Crippen molar-refractivity contribution in [1.29, 1.82) is 0 Å². The molecule has 1 aromatic rings. The molecule has 1 amide bonds. The van der Waals surface area contributed by atoms with E-state index in [4.69, 9.17) is 9.73 Å². The highest BCUT2D eigenvalue weighted by atomic mass is 127. The molecule has 1 saturated carbocycles. The van der Waals surface area contributed by atoms with Crippen LogP contribution in [0.4, 0.5) is 4.79 Å². The smallest absolute Gasteiger partial charge is 0.409 e. The van der Waals surface area contributed by atoms with Gasteiger partial charge in [0.1, 0.15) is 12.4 Å². The van der Waals surface area contributed by atoms with Crippen LogP contribution in [-0.2, 0) is 18.3 Å². The van der Waals surface area contributed by atoms with Crippen LogP contribution >= 0.6 is 24.0 Å². The van der Waals surface area contributed by atoms with Gasteiger partial charge in [-0.1, -0.05) is 19.3 Å². The lowest BCUT2D eigenvalue weighted by molar-refractivity contribution is 0.111. The number of ether oxygens (including phenoxy) is 1. The third-order valence-electron chi connectivity index (χ3n) is 5.78. The van der Waals surface area contributed by atoms with Crippen LogP contribution in [0.2, 0.25) is 0 Å². The number of aliphatic imine (C=N–C) groups is 1. The zero-order chi connectivity index (χ0) is 19.9. The fourth-order valence-corrected chi connectivity index (χ4v) is 3.84. The maximum atomic E-state index is 11.7. The lowest BCUT2D eigenvalue weighted by atomic mass is 9.96. The monoisotopic (exact) mass is 519 g/mol. The number of piperidine rings is 1. The third kappa shape index (κ3) is 6.71. The first-order chi connectivity index (χ1) is 13.6. The van der Waals surface area contributed by atoms with E-state index in [1.807, 2.05) is 18.5 Å². The Morgan fingerprint density at radius 2 is 1.72 bits per heavy atom. The number of nitrogens with zero attached hydrogens (tertiary/aromatic N) is 5. The minimum Gasteiger partial charge on any atom is -0.453 e. The van der Waals surface area contributed by atoms with Crippen LogP contribution in [0.1, 0.15) is 56.6 Å². The van der Waals surface area contributed by atoms with Gasteiger partial charge in [-0.05, 0) is 32.6 Å². The molecular formula is C19H34IN7O2. The molecule has 164 valence electrons. The van der Waals surface area contributed by atoms with Crippen molar-refractivity contribution in [3.05, 3.63) is 11.6 Å². The molecule has 0 radical (unpaired) electrons. The molecule has 0 bridgehead atoms. The predicted molar refractivity (Wildman–Crippen MR) is 122 cm³/mol. The number of methoxy groups -OCH3 is 1. The Balaban J connectivity index is 0.00000300. The fourth-order valence-electron chi connectivity index (χ4n) is 3.84. The van der Waals surface area contributed by atoms with Crippen LogP contribution in [0.25, 0.3) is 0 Å². The normalized spacial score (nSPS) is 18.9. The Morgan fingerprint density at radius 3 is 2.28 bits per heavy atom. The molecule has 2 fully saturated rings. The summed E-state index contributed by atoms with van der Waals surface area (Å²) in [6.07, 6.45) is 7.74. The van der Waals surface area contributed by atoms with Crippen molar-refractivity contribution >= 4 is 36.0 Å². The van der Waals surface area contributed by atoms with E-state index in [2.05, 4.69) is 20.8 Å². The first kappa shape index (κ1) is 23.7. The number of carbonyl (C=O) groups excluding carboxylic acids is 1. The van der Waals surface area contributed by atoms with Gasteiger partial charge in [0.05, 0.1) is 7.11 Å². The molecule has 0 atom stereocenters. The van der Waals surface area contributed by atoms with E-state index in [1.54, 1.807) is 4.90 Å². The quantitative estimate of drug-likeness (QED) is 0.360. The molecule has 0 aromatic carbocycles. The van der Waals surface area contributed by atoms with Crippen molar-refractivity contribution in [2.45, 2.75) is 70.5 Å². The average molecular weight is 519 g/mol. The van der Waals surface area contributed by atoms with Gasteiger partial charge in [-0.15, -0.1) is 34.2 Å². The number of aryl methyl sites for hydroxylation is 1. The molecule has 2 aliphatic rings. The van der Waals surface area contributed by atoms with Gasteiger partial charge in [0.2, 0.25) is 0 Å². The van der Waals surface area contributed by atoms with Crippen LogP contribution in [-0.4, -0.2) is 64.0 Å². The van der Waals surface area contributed by atoms with Gasteiger partial charge in [-0.3, -0.25) is 0 Å². The molecule has 0 unspecified atom stereocenters. The van der Waals surface area contributed by atoms with Crippen LogP contribution in [0.3, 0.4) is 0 Å². The molecule has 1 aliphatic carbocycles. The minimum atomic E-state index is -0.245. The number of aromatic nitrogens is 3. The Morgan fingerprint density at radius 1 is 1.10 bits per heavy atom. The minimum absolute atomic E-state index is 0. The molecular weight excluding hydrogens is 485 g/mol. The summed E-state index contributed by atoms with van der Waals surface area (Å²) in [5, 5.41) is 15.5. The average Bonchev–Trinajstić information content (AvgIpc) is 3.05. The van der Waals surface area contributed by atoms with Gasteiger partial charge in [0, 0.05) is 32.2 Å². The van der Waals surface area contributed by atoms with Crippen LogP contribution in [0.5, 0.6) is 0 Å². The molecule has 2 N–H and O–H groups in total. The highest BCUT2D eigenvalue weighted by Gasteiger charge is 2.24. The van der Waals surface area contributed by atoms with Crippen LogP contribution in [0, 0.1) is 6.92 Å². The van der Waals surface area contributed by atoms with Gasteiger partial charge in [0.25, 0.3) is 0 Å². The number of carbonyl (C=O) groups is 1. The first-order valence-electron chi connectivity index (χ1n) is 10.3. The van der Waals surface area contributed by atoms with Crippen molar-refractivity contribution in [2.24, 2.45) is 12.0 Å². The number of nitrogens with one attached hydrogen (secondary N) is 2. The molecule has 3 rings (SSSR count). The zero-order valence-corrected chi connectivity index (χ0v) is 20.0. The topological polar surface area (TPSA) is 96.7 Å². The molecule has 2 heterocycles.